The Balaban J connectivity index is 1.40. The second-order valence-electron chi connectivity index (χ2n) is 7.86. The van der Waals surface area contributed by atoms with Crippen LogP contribution in [0.2, 0.25) is 0 Å². The van der Waals surface area contributed by atoms with E-state index in [1.165, 1.54) is 0 Å². The second-order valence-corrected chi connectivity index (χ2v) is 7.86. The molecule has 1 saturated heterocycles. The molecule has 0 saturated carbocycles. The highest BCUT2D eigenvalue weighted by atomic mass is 16.2. The quantitative estimate of drug-likeness (QED) is 0.470. The van der Waals surface area contributed by atoms with Gasteiger partial charge in [0.15, 0.2) is 0 Å². The van der Waals surface area contributed by atoms with Gasteiger partial charge in [-0.1, -0.05) is 78.9 Å². The van der Waals surface area contributed by atoms with Crippen LogP contribution < -0.4 is 11.2 Å². The number of para-hydroxylation sites is 1. The van der Waals surface area contributed by atoms with Gasteiger partial charge in [0.25, 0.3) is 0 Å². The van der Waals surface area contributed by atoms with Crippen LogP contribution in [0.15, 0.2) is 96.0 Å². The number of hydrogen-bond donors (Lipinski definition) is 2. The van der Waals surface area contributed by atoms with Gasteiger partial charge in [-0.15, -0.1) is 0 Å². The van der Waals surface area contributed by atoms with Crippen molar-refractivity contribution in [3.05, 3.63) is 102 Å². The zero-order valence-electron chi connectivity index (χ0n) is 17.5. The summed E-state index contributed by atoms with van der Waals surface area (Å²) >= 11 is 0. The van der Waals surface area contributed by atoms with Gasteiger partial charge in [-0.25, -0.2) is 10.0 Å². The molecule has 3 aromatic rings. The van der Waals surface area contributed by atoms with Crippen molar-refractivity contribution in [2.45, 2.75) is 18.8 Å². The molecule has 0 aliphatic carbocycles. The number of aliphatic imine (C=N–C) groups is 1. The Kier molecular flexibility index (Phi) is 6.75. The van der Waals surface area contributed by atoms with Crippen LogP contribution in [0.4, 0.5) is 5.69 Å². The molecule has 1 aliphatic rings. The predicted molar refractivity (Wildman–Crippen MR) is 125 cm³/mol. The molecule has 31 heavy (non-hydrogen) atoms. The Morgan fingerprint density at radius 3 is 1.84 bits per heavy atom. The Morgan fingerprint density at radius 1 is 0.839 bits per heavy atom. The summed E-state index contributed by atoms with van der Waals surface area (Å²) in [6, 6.07) is 29.6. The van der Waals surface area contributed by atoms with Crippen molar-refractivity contribution in [1.29, 1.82) is 0 Å². The summed E-state index contributed by atoms with van der Waals surface area (Å²) in [5, 5.41) is 2.01. The first-order valence-electron chi connectivity index (χ1n) is 10.7. The van der Waals surface area contributed by atoms with Gasteiger partial charge in [0.1, 0.15) is 5.84 Å². The normalized spacial score (nSPS) is 15.7. The monoisotopic (exact) mass is 412 g/mol. The SMILES string of the molecule is NC(=Nc1ccccc1)C1CCN(NC(=O)C(c2ccccc2)c2ccccc2)CC1. The average molecular weight is 413 g/mol. The Hall–Kier alpha value is -3.44. The van der Waals surface area contributed by atoms with Crippen LogP contribution in [-0.4, -0.2) is 29.8 Å². The molecular formula is C26H28N4O. The minimum absolute atomic E-state index is 0.0122. The molecule has 1 amide bonds. The van der Waals surface area contributed by atoms with Gasteiger partial charge < -0.3 is 5.73 Å². The second kappa shape index (κ2) is 10.0. The molecule has 1 heterocycles. The lowest BCUT2D eigenvalue weighted by molar-refractivity contribution is -0.127. The Bertz CT molecular complexity index is 958. The third-order valence-electron chi connectivity index (χ3n) is 5.72. The third kappa shape index (κ3) is 5.38. The summed E-state index contributed by atoms with van der Waals surface area (Å²) in [5.41, 5.74) is 12.3. The van der Waals surface area contributed by atoms with E-state index in [1.807, 2.05) is 96.0 Å². The van der Waals surface area contributed by atoms with E-state index in [1.54, 1.807) is 0 Å². The number of rotatable bonds is 6. The van der Waals surface area contributed by atoms with Crippen LogP contribution in [0, 0.1) is 5.92 Å². The standard InChI is InChI=1S/C26H28N4O/c27-25(28-23-14-8-3-9-15-23)22-16-18-30(19-17-22)29-26(31)24(20-10-4-1-5-11-20)21-12-6-2-7-13-21/h1-15,22,24H,16-19H2,(H2,27,28)(H,29,31). The fraction of sp³-hybridized carbons (Fsp3) is 0.231. The number of carbonyl (C=O) groups excluding carboxylic acids is 1. The number of nitrogens with one attached hydrogen (secondary N) is 1. The van der Waals surface area contributed by atoms with Crippen LogP contribution in [-0.2, 0) is 4.79 Å². The highest BCUT2D eigenvalue weighted by Crippen LogP contribution is 2.25. The lowest BCUT2D eigenvalue weighted by atomic mass is 9.90. The van der Waals surface area contributed by atoms with Crippen LogP contribution in [0.1, 0.15) is 29.9 Å². The maximum Gasteiger partial charge on any atom is 0.246 e. The average Bonchev–Trinajstić information content (AvgIpc) is 2.82. The highest BCUT2D eigenvalue weighted by Gasteiger charge is 2.27. The molecule has 4 rings (SSSR count). The molecule has 1 fully saturated rings. The minimum atomic E-state index is -0.343. The van der Waals surface area contributed by atoms with E-state index in [0.29, 0.717) is 5.84 Å². The summed E-state index contributed by atoms with van der Waals surface area (Å²) in [6.07, 6.45) is 1.73. The summed E-state index contributed by atoms with van der Waals surface area (Å²) < 4.78 is 0. The van der Waals surface area contributed by atoms with Crippen LogP contribution in [0.5, 0.6) is 0 Å². The number of nitrogens with zero attached hydrogens (tertiary/aromatic N) is 2. The zero-order chi connectivity index (χ0) is 21.5. The molecule has 3 N–H and O–H groups in total. The first kappa shape index (κ1) is 20.8. The van der Waals surface area contributed by atoms with Crippen molar-refractivity contribution >= 4 is 17.4 Å². The van der Waals surface area contributed by atoms with Gasteiger partial charge in [0.05, 0.1) is 11.6 Å². The number of amidine groups is 1. The highest BCUT2D eigenvalue weighted by molar-refractivity contribution is 5.87. The fourth-order valence-corrected chi connectivity index (χ4v) is 4.04. The van der Waals surface area contributed by atoms with E-state index >= 15 is 0 Å². The maximum atomic E-state index is 13.3. The smallest absolute Gasteiger partial charge is 0.246 e. The van der Waals surface area contributed by atoms with Crippen molar-refractivity contribution in [3.63, 3.8) is 0 Å². The lowest BCUT2D eigenvalue weighted by Gasteiger charge is -2.33. The van der Waals surface area contributed by atoms with Crippen molar-refractivity contribution < 1.29 is 4.79 Å². The molecule has 158 valence electrons. The third-order valence-corrected chi connectivity index (χ3v) is 5.72. The van der Waals surface area contributed by atoms with Gasteiger partial charge in [-0.05, 0) is 36.1 Å². The molecule has 5 heteroatoms. The first-order valence-corrected chi connectivity index (χ1v) is 10.7. The van der Waals surface area contributed by atoms with Gasteiger partial charge in [0, 0.05) is 19.0 Å². The molecule has 3 aromatic carbocycles. The number of amides is 1. The summed E-state index contributed by atoms with van der Waals surface area (Å²) in [5.74, 6) is 0.544. The van der Waals surface area contributed by atoms with E-state index < -0.39 is 0 Å². The molecule has 0 unspecified atom stereocenters. The molecule has 5 nitrogen and oxygen atoms in total. The first-order chi connectivity index (χ1) is 15.2. The van der Waals surface area contributed by atoms with Gasteiger partial charge >= 0.3 is 0 Å². The van der Waals surface area contributed by atoms with Crippen molar-refractivity contribution in [1.82, 2.24) is 10.4 Å². The van der Waals surface area contributed by atoms with Gasteiger partial charge in [-0.2, -0.15) is 0 Å². The lowest BCUT2D eigenvalue weighted by Crippen LogP contribution is -2.49. The zero-order valence-corrected chi connectivity index (χ0v) is 17.5. The van der Waals surface area contributed by atoms with Crippen LogP contribution >= 0.6 is 0 Å². The predicted octanol–water partition coefficient (Wildman–Crippen LogP) is 4.25. The summed E-state index contributed by atoms with van der Waals surface area (Å²) in [6.45, 7) is 1.50. The van der Waals surface area contributed by atoms with E-state index in [0.717, 1.165) is 42.7 Å². The topological polar surface area (TPSA) is 70.7 Å². The summed E-state index contributed by atoms with van der Waals surface area (Å²) in [4.78, 5) is 17.8. The van der Waals surface area contributed by atoms with Crippen molar-refractivity contribution in [2.24, 2.45) is 16.6 Å². The molecule has 0 radical (unpaired) electrons. The van der Waals surface area contributed by atoms with E-state index in [-0.39, 0.29) is 17.7 Å². The van der Waals surface area contributed by atoms with Crippen molar-refractivity contribution in [3.8, 4) is 0 Å². The molecule has 1 aliphatic heterocycles. The molecule has 0 aromatic heterocycles. The van der Waals surface area contributed by atoms with Gasteiger partial charge in [0.2, 0.25) is 5.91 Å². The molecule has 0 atom stereocenters. The van der Waals surface area contributed by atoms with E-state index in [9.17, 15) is 4.79 Å². The van der Waals surface area contributed by atoms with Crippen LogP contribution in [0.25, 0.3) is 0 Å². The largest absolute Gasteiger partial charge is 0.387 e. The Morgan fingerprint density at radius 2 is 1.32 bits per heavy atom. The number of benzene rings is 3. The number of carbonyl (C=O) groups is 1. The van der Waals surface area contributed by atoms with E-state index in [2.05, 4.69) is 10.4 Å². The Labute approximate surface area is 183 Å². The fourth-order valence-electron chi connectivity index (χ4n) is 4.04. The van der Waals surface area contributed by atoms with E-state index in [4.69, 9.17) is 5.73 Å². The van der Waals surface area contributed by atoms with Crippen LogP contribution in [0.3, 0.4) is 0 Å². The number of hydrogen-bond acceptors (Lipinski definition) is 3. The molecule has 0 spiro atoms. The number of hydrazine groups is 1. The molecule has 0 bridgehead atoms. The minimum Gasteiger partial charge on any atom is -0.387 e. The van der Waals surface area contributed by atoms with Crippen molar-refractivity contribution in [2.75, 3.05) is 13.1 Å². The summed E-state index contributed by atoms with van der Waals surface area (Å²) in [7, 11) is 0. The van der Waals surface area contributed by atoms with Gasteiger partial charge in [-0.3, -0.25) is 10.2 Å². The maximum absolute atomic E-state index is 13.3. The molecular weight excluding hydrogens is 384 g/mol. The number of nitrogens with two attached hydrogens (primary N) is 1. The number of piperidine rings is 1.